The molecular formula is C22H27N5O8. The zero-order chi connectivity index (χ0) is 25.5. The second-order valence-corrected chi connectivity index (χ2v) is 7.64. The normalized spacial score (nSPS) is 21.9. The summed E-state index contributed by atoms with van der Waals surface area (Å²) in [6.07, 6.45) is -2.89. The maximum atomic E-state index is 11.8. The summed E-state index contributed by atoms with van der Waals surface area (Å²) >= 11 is 0. The molecule has 0 bridgehead atoms. The number of aromatic nitrogens is 2. The minimum Gasteiger partial charge on any atom is -0.463 e. The molecule has 1 aliphatic rings. The van der Waals surface area contributed by atoms with Gasteiger partial charge in [0, 0.05) is 20.8 Å². The molecule has 13 nitrogen and oxygen atoms in total. The zero-order valence-corrected chi connectivity index (χ0v) is 19.5. The lowest BCUT2D eigenvalue weighted by Crippen LogP contribution is -2.40. The summed E-state index contributed by atoms with van der Waals surface area (Å²) in [6.45, 7) is 3.54. The molecule has 4 N–H and O–H groups in total. The lowest BCUT2D eigenvalue weighted by molar-refractivity contribution is -0.166. The first-order valence-electron chi connectivity index (χ1n) is 10.6. The molecule has 188 valence electrons. The molecule has 1 aromatic heterocycles. The lowest BCUT2D eigenvalue weighted by Gasteiger charge is -2.24. The number of nitrogens with two attached hydrogens (primary N) is 2. The van der Waals surface area contributed by atoms with E-state index in [0.29, 0.717) is 0 Å². The predicted molar refractivity (Wildman–Crippen MR) is 120 cm³/mol. The summed E-state index contributed by atoms with van der Waals surface area (Å²) in [6, 6.07) is 9.35. The molecule has 2 aromatic rings. The topological polar surface area (TPSA) is 180 Å². The zero-order valence-electron chi connectivity index (χ0n) is 19.5. The number of imidazole rings is 1. The number of nitrogen functional groups attached to an aromatic ring is 1. The second kappa shape index (κ2) is 11.3. The second-order valence-electron chi connectivity index (χ2n) is 7.64. The number of ether oxygens (including phenoxy) is 4. The van der Waals surface area contributed by atoms with Gasteiger partial charge in [0.25, 0.3) is 0 Å². The number of hydrogen-bond donors (Lipinski definition) is 2. The molecule has 2 heterocycles. The Hall–Kier alpha value is -4.13. The van der Waals surface area contributed by atoms with Crippen LogP contribution in [0.25, 0.3) is 0 Å². The van der Waals surface area contributed by atoms with E-state index in [1.807, 2.05) is 30.3 Å². The van der Waals surface area contributed by atoms with Crippen LogP contribution in [-0.2, 0) is 44.8 Å². The number of benzene rings is 1. The molecule has 0 saturated carbocycles. The Labute approximate surface area is 200 Å². The van der Waals surface area contributed by atoms with Crippen molar-refractivity contribution in [2.45, 2.75) is 51.9 Å². The van der Waals surface area contributed by atoms with Crippen LogP contribution >= 0.6 is 0 Å². The maximum absolute atomic E-state index is 11.8. The first-order valence-corrected chi connectivity index (χ1v) is 10.6. The number of amidine groups is 1. The Bertz CT molecular complexity index is 1090. The number of carbonyl (C=O) groups excluding carboxylic acids is 3. The number of rotatable bonds is 9. The largest absolute Gasteiger partial charge is 0.463 e. The molecule has 4 atom stereocenters. The highest BCUT2D eigenvalue weighted by Crippen LogP contribution is 2.36. The third-order valence-electron chi connectivity index (χ3n) is 4.93. The quantitative estimate of drug-likeness (QED) is 0.166. The minimum absolute atomic E-state index is 0.0337. The van der Waals surface area contributed by atoms with Crippen molar-refractivity contribution >= 4 is 29.6 Å². The van der Waals surface area contributed by atoms with Gasteiger partial charge in [-0.1, -0.05) is 35.5 Å². The van der Waals surface area contributed by atoms with E-state index < -0.39 is 42.4 Å². The summed E-state index contributed by atoms with van der Waals surface area (Å²) in [5.41, 5.74) is 13.2. The van der Waals surface area contributed by atoms with Crippen molar-refractivity contribution in [1.29, 1.82) is 0 Å². The number of carbonyl (C=O) groups is 3. The molecule has 0 spiro atoms. The molecule has 13 heteroatoms. The molecular weight excluding hydrogens is 462 g/mol. The summed E-state index contributed by atoms with van der Waals surface area (Å²) < 4.78 is 23.0. The number of esters is 3. The first-order chi connectivity index (χ1) is 16.7. The van der Waals surface area contributed by atoms with E-state index in [2.05, 4.69) is 10.1 Å². The average molecular weight is 489 g/mol. The van der Waals surface area contributed by atoms with Crippen molar-refractivity contribution in [3.63, 3.8) is 0 Å². The Morgan fingerprint density at radius 3 is 2.34 bits per heavy atom. The Morgan fingerprint density at radius 2 is 1.71 bits per heavy atom. The summed E-state index contributed by atoms with van der Waals surface area (Å²) in [5, 5.41) is 3.86. The molecule has 1 aromatic carbocycles. The Balaban J connectivity index is 1.84. The van der Waals surface area contributed by atoms with Crippen LogP contribution in [0.15, 0.2) is 41.8 Å². The predicted octanol–water partition coefficient (Wildman–Crippen LogP) is 0.626. The fourth-order valence-electron chi connectivity index (χ4n) is 3.48. The maximum Gasteiger partial charge on any atom is 0.303 e. The van der Waals surface area contributed by atoms with Gasteiger partial charge in [-0.3, -0.25) is 19.0 Å². The minimum atomic E-state index is -1.12. The van der Waals surface area contributed by atoms with Crippen molar-refractivity contribution in [1.82, 2.24) is 9.55 Å². The monoisotopic (exact) mass is 489 g/mol. The van der Waals surface area contributed by atoms with Crippen LogP contribution in [0.4, 0.5) is 5.82 Å². The van der Waals surface area contributed by atoms with Gasteiger partial charge in [-0.05, 0) is 5.56 Å². The van der Waals surface area contributed by atoms with Crippen LogP contribution < -0.4 is 11.5 Å². The number of hydrogen-bond acceptors (Lipinski definition) is 11. The van der Waals surface area contributed by atoms with Crippen molar-refractivity contribution in [3.8, 4) is 0 Å². The van der Waals surface area contributed by atoms with Crippen molar-refractivity contribution in [2.24, 2.45) is 10.9 Å². The smallest absolute Gasteiger partial charge is 0.303 e. The third-order valence-corrected chi connectivity index (χ3v) is 4.93. The molecule has 0 amide bonds. The van der Waals surface area contributed by atoms with Gasteiger partial charge >= 0.3 is 17.9 Å². The Morgan fingerprint density at radius 1 is 1.06 bits per heavy atom. The van der Waals surface area contributed by atoms with E-state index in [-0.39, 0.29) is 30.6 Å². The van der Waals surface area contributed by atoms with Gasteiger partial charge in [-0.2, -0.15) is 0 Å². The molecule has 1 aliphatic heterocycles. The summed E-state index contributed by atoms with van der Waals surface area (Å²) in [7, 11) is 0. The first kappa shape index (κ1) is 25.5. The lowest BCUT2D eigenvalue weighted by atomic mass is 10.1. The highest BCUT2D eigenvalue weighted by molar-refractivity contribution is 5.99. The van der Waals surface area contributed by atoms with Crippen molar-refractivity contribution in [3.05, 3.63) is 47.9 Å². The van der Waals surface area contributed by atoms with E-state index in [1.165, 1.54) is 31.7 Å². The summed E-state index contributed by atoms with van der Waals surface area (Å²) in [5.74, 6) is -1.91. The van der Waals surface area contributed by atoms with Crippen LogP contribution in [0.1, 0.15) is 38.3 Å². The fourth-order valence-corrected chi connectivity index (χ4v) is 3.48. The van der Waals surface area contributed by atoms with Crippen molar-refractivity contribution < 1.29 is 38.2 Å². The Kier molecular flexibility index (Phi) is 8.25. The SMILES string of the molecule is CC(=O)OC[C@H]1O[C@@H](n2cnc(C(N)=NOCc3ccccc3)c2N)[C@H](OC(C)=O)[C@@H]1OC(C)=O. The fraction of sp³-hybridized carbons (Fsp3) is 0.409. The van der Waals surface area contributed by atoms with Gasteiger partial charge in [0.2, 0.25) is 0 Å². The number of oxime groups is 1. The van der Waals surface area contributed by atoms with Gasteiger partial charge in [-0.15, -0.1) is 0 Å². The van der Waals surface area contributed by atoms with Crippen LogP contribution in [0.3, 0.4) is 0 Å². The van der Waals surface area contributed by atoms with Crippen LogP contribution in [0, 0.1) is 0 Å². The molecule has 0 unspecified atom stereocenters. The third kappa shape index (κ3) is 6.47. The molecule has 0 radical (unpaired) electrons. The van der Waals surface area contributed by atoms with E-state index in [4.69, 9.17) is 35.3 Å². The van der Waals surface area contributed by atoms with Crippen LogP contribution in [-0.4, -0.2) is 58.2 Å². The average Bonchev–Trinajstić information content (AvgIpc) is 3.32. The number of nitrogens with zero attached hydrogens (tertiary/aromatic N) is 3. The summed E-state index contributed by atoms with van der Waals surface area (Å²) in [4.78, 5) is 44.3. The molecule has 35 heavy (non-hydrogen) atoms. The van der Waals surface area contributed by atoms with Gasteiger partial charge in [0.15, 0.2) is 30.0 Å². The van der Waals surface area contributed by atoms with E-state index in [0.717, 1.165) is 5.56 Å². The van der Waals surface area contributed by atoms with Crippen molar-refractivity contribution in [2.75, 3.05) is 12.3 Å². The van der Waals surface area contributed by atoms with Gasteiger partial charge in [0.1, 0.15) is 25.1 Å². The number of anilines is 1. The standard InChI is InChI=1S/C22H27N5O8/c1-12(28)31-10-16-18(33-13(2)29)19(34-14(3)30)22(35-16)27-11-25-17(21(27)24)20(23)26-32-9-15-7-5-4-6-8-15/h4-8,11,16,18-19,22H,9-10,24H2,1-3H3,(H2,23,26)/t16-,18-,19-,22-/m1/s1. The van der Waals surface area contributed by atoms with Gasteiger partial charge in [-0.25, -0.2) is 4.98 Å². The van der Waals surface area contributed by atoms with Gasteiger partial charge < -0.3 is 35.3 Å². The molecule has 3 rings (SSSR count). The molecule has 0 aliphatic carbocycles. The molecule has 1 saturated heterocycles. The molecule has 1 fully saturated rings. The van der Waals surface area contributed by atoms with Crippen LogP contribution in [0.2, 0.25) is 0 Å². The van der Waals surface area contributed by atoms with E-state index in [1.54, 1.807) is 0 Å². The van der Waals surface area contributed by atoms with E-state index in [9.17, 15) is 14.4 Å². The van der Waals surface area contributed by atoms with E-state index >= 15 is 0 Å². The highest BCUT2D eigenvalue weighted by Gasteiger charge is 2.51. The van der Waals surface area contributed by atoms with Crippen LogP contribution in [0.5, 0.6) is 0 Å². The highest BCUT2D eigenvalue weighted by atomic mass is 16.7. The van der Waals surface area contributed by atoms with Gasteiger partial charge in [0.05, 0.1) is 6.33 Å².